The van der Waals surface area contributed by atoms with E-state index in [1.54, 1.807) is 30.2 Å². The summed E-state index contributed by atoms with van der Waals surface area (Å²) in [4.78, 5) is 17.2. The number of fused-ring (bicyclic) bond motifs is 1. The van der Waals surface area contributed by atoms with Gasteiger partial charge in [0.05, 0.1) is 22.2 Å². The van der Waals surface area contributed by atoms with Crippen molar-refractivity contribution in [3.8, 4) is 0 Å². The molecule has 4 nitrogen and oxygen atoms in total. The Bertz CT molecular complexity index is 851. The average molecular weight is 337 g/mol. The highest BCUT2D eigenvalue weighted by atomic mass is 32.1. The van der Waals surface area contributed by atoms with E-state index in [-0.39, 0.29) is 0 Å². The molecular formula is C19H17N2O2S-. The highest BCUT2D eigenvalue weighted by Crippen LogP contribution is 2.23. The van der Waals surface area contributed by atoms with Gasteiger partial charge in [-0.2, -0.15) is 0 Å². The Hall–Kier alpha value is -2.66. The van der Waals surface area contributed by atoms with Gasteiger partial charge in [0, 0.05) is 12.7 Å². The normalized spacial score (nSPS) is 12.6. The predicted octanol–water partition coefficient (Wildman–Crippen LogP) is 3.04. The van der Waals surface area contributed by atoms with Crippen molar-refractivity contribution in [2.45, 2.75) is 13.0 Å². The van der Waals surface area contributed by atoms with Crippen LogP contribution in [-0.4, -0.2) is 24.0 Å². The van der Waals surface area contributed by atoms with Crippen molar-refractivity contribution < 1.29 is 9.90 Å². The molecule has 3 aromatic rings. The molecule has 0 N–H and O–H groups in total. The van der Waals surface area contributed by atoms with Crippen molar-refractivity contribution in [3.63, 3.8) is 0 Å². The largest absolute Gasteiger partial charge is 0.548 e. The molecule has 122 valence electrons. The van der Waals surface area contributed by atoms with Gasteiger partial charge in [0.1, 0.15) is 5.01 Å². The van der Waals surface area contributed by atoms with E-state index >= 15 is 0 Å². The van der Waals surface area contributed by atoms with Crippen LogP contribution in [-0.2, 0) is 4.79 Å². The zero-order valence-electron chi connectivity index (χ0n) is 13.5. The highest BCUT2D eigenvalue weighted by Gasteiger charge is 2.10. The second kappa shape index (κ2) is 6.84. The molecule has 1 atom stereocenters. The fraction of sp³-hybridized carbons (Fsp3) is 0.158. The summed E-state index contributed by atoms with van der Waals surface area (Å²) in [5.74, 6) is -1.09. The molecule has 0 saturated carbocycles. The first-order valence-electron chi connectivity index (χ1n) is 7.62. The molecule has 1 aromatic heterocycles. The van der Waals surface area contributed by atoms with E-state index in [4.69, 9.17) is 0 Å². The maximum atomic E-state index is 10.9. The minimum atomic E-state index is -1.09. The quantitative estimate of drug-likeness (QED) is 0.718. The second-order valence-corrected chi connectivity index (χ2v) is 6.61. The molecule has 0 radical (unpaired) electrons. The number of carbonyl (C=O) groups is 1. The number of hydrogen-bond donors (Lipinski definition) is 0. The number of nitrogens with zero attached hydrogens (tertiary/aromatic N) is 2. The van der Waals surface area contributed by atoms with Gasteiger partial charge in [0.2, 0.25) is 0 Å². The summed E-state index contributed by atoms with van der Waals surface area (Å²) in [5, 5.41) is 11.9. The molecule has 0 aliphatic heterocycles. The topological polar surface area (TPSA) is 56.3 Å². The van der Waals surface area contributed by atoms with Gasteiger partial charge in [-0.15, -0.1) is 11.3 Å². The van der Waals surface area contributed by atoms with Gasteiger partial charge >= 0.3 is 0 Å². The number of aromatic nitrogens is 1. The highest BCUT2D eigenvalue weighted by molar-refractivity contribution is 7.19. The Kier molecular flexibility index (Phi) is 4.62. The fourth-order valence-corrected chi connectivity index (χ4v) is 3.20. The fourth-order valence-electron chi connectivity index (χ4n) is 2.33. The van der Waals surface area contributed by atoms with Crippen LogP contribution in [0.4, 0.5) is 5.69 Å². The van der Waals surface area contributed by atoms with Crippen molar-refractivity contribution in [2.75, 3.05) is 11.9 Å². The third-order valence-corrected chi connectivity index (χ3v) is 4.95. The number of aliphatic carboxylic acids is 1. The standard InChI is InChI=1S/C19H18N2O2S/c1-13(19(22)23)21(2)15-10-7-14(8-11-15)9-12-18-20-16-5-3-4-6-17(16)24-18/h3-13H,1-2H3,(H,22,23)/p-1/b12-9+. The molecule has 0 fully saturated rings. The lowest BCUT2D eigenvalue weighted by Gasteiger charge is -2.27. The Labute approximate surface area is 144 Å². The van der Waals surface area contributed by atoms with Crippen LogP contribution < -0.4 is 10.0 Å². The molecule has 0 bridgehead atoms. The van der Waals surface area contributed by atoms with Gasteiger partial charge in [-0.1, -0.05) is 30.3 Å². The zero-order valence-corrected chi connectivity index (χ0v) is 14.3. The molecule has 0 spiro atoms. The van der Waals surface area contributed by atoms with Crippen molar-refractivity contribution in [2.24, 2.45) is 0 Å². The number of anilines is 1. The van der Waals surface area contributed by atoms with Gasteiger partial charge in [0.25, 0.3) is 0 Å². The lowest BCUT2D eigenvalue weighted by atomic mass is 10.1. The third-order valence-electron chi connectivity index (χ3n) is 3.95. The van der Waals surface area contributed by atoms with Crippen molar-refractivity contribution >= 4 is 45.4 Å². The molecule has 0 saturated heterocycles. The molecule has 1 unspecified atom stereocenters. The van der Waals surface area contributed by atoms with Crippen molar-refractivity contribution in [1.82, 2.24) is 4.98 Å². The van der Waals surface area contributed by atoms with Crippen LogP contribution in [0.2, 0.25) is 0 Å². The SMILES string of the molecule is CC(C(=O)[O-])N(C)c1ccc(/C=C/c2nc3ccccc3s2)cc1. The van der Waals surface area contributed by atoms with Gasteiger partial charge in [-0.05, 0) is 42.8 Å². The average Bonchev–Trinajstić information content (AvgIpc) is 3.02. The molecule has 0 amide bonds. The summed E-state index contributed by atoms with van der Waals surface area (Å²) in [6.45, 7) is 1.61. The molecule has 2 aromatic carbocycles. The summed E-state index contributed by atoms with van der Waals surface area (Å²) in [6.07, 6.45) is 4.00. The number of rotatable bonds is 5. The monoisotopic (exact) mass is 337 g/mol. The lowest BCUT2D eigenvalue weighted by Crippen LogP contribution is -2.44. The van der Waals surface area contributed by atoms with E-state index < -0.39 is 12.0 Å². The molecule has 1 heterocycles. The number of carboxylic acids is 1. The first-order valence-corrected chi connectivity index (χ1v) is 8.43. The molecule has 0 aliphatic carbocycles. The zero-order chi connectivity index (χ0) is 17.1. The van der Waals surface area contributed by atoms with Gasteiger partial charge in [-0.3, -0.25) is 0 Å². The Balaban J connectivity index is 1.75. The third kappa shape index (κ3) is 3.46. The second-order valence-electron chi connectivity index (χ2n) is 5.55. The first-order chi connectivity index (χ1) is 11.5. The van der Waals surface area contributed by atoms with Crippen LogP contribution >= 0.6 is 11.3 Å². The van der Waals surface area contributed by atoms with E-state index in [0.29, 0.717) is 0 Å². The number of hydrogen-bond acceptors (Lipinski definition) is 5. The molecule has 5 heteroatoms. The first kappa shape index (κ1) is 16.2. The van der Waals surface area contributed by atoms with Gasteiger partial charge in [-0.25, -0.2) is 4.98 Å². The number of para-hydroxylation sites is 1. The molecule has 24 heavy (non-hydrogen) atoms. The summed E-state index contributed by atoms with van der Waals surface area (Å²) in [6, 6.07) is 15.1. The maximum Gasteiger partial charge on any atom is 0.117 e. The predicted molar refractivity (Wildman–Crippen MR) is 97.9 cm³/mol. The molecule has 3 rings (SSSR count). The number of likely N-dealkylation sites (N-methyl/N-ethyl adjacent to an activating group) is 1. The summed E-state index contributed by atoms with van der Waals surface area (Å²) >= 11 is 1.65. The maximum absolute atomic E-state index is 10.9. The van der Waals surface area contributed by atoms with E-state index in [0.717, 1.165) is 21.8 Å². The van der Waals surface area contributed by atoms with Crippen LogP contribution in [0.15, 0.2) is 48.5 Å². The summed E-state index contributed by atoms with van der Waals surface area (Å²) in [7, 11) is 1.74. The van der Waals surface area contributed by atoms with Crippen LogP contribution in [0.3, 0.4) is 0 Å². The van der Waals surface area contributed by atoms with E-state index in [1.807, 2.05) is 54.6 Å². The molecule has 0 aliphatic rings. The summed E-state index contributed by atoms with van der Waals surface area (Å²) in [5.41, 5.74) is 2.88. The van der Waals surface area contributed by atoms with E-state index in [9.17, 15) is 9.90 Å². The number of carboxylic acid groups (broad SMARTS) is 1. The Morgan fingerprint density at radius 1 is 1.17 bits per heavy atom. The minimum Gasteiger partial charge on any atom is -0.548 e. The van der Waals surface area contributed by atoms with Crippen LogP contribution in [0.1, 0.15) is 17.5 Å². The number of carbonyl (C=O) groups excluding carboxylic acids is 1. The summed E-state index contributed by atoms with van der Waals surface area (Å²) < 4.78 is 1.17. The lowest BCUT2D eigenvalue weighted by molar-refractivity contribution is -0.306. The van der Waals surface area contributed by atoms with Crippen LogP contribution in [0.5, 0.6) is 0 Å². The Morgan fingerprint density at radius 3 is 2.54 bits per heavy atom. The smallest absolute Gasteiger partial charge is 0.117 e. The molecular weight excluding hydrogens is 320 g/mol. The van der Waals surface area contributed by atoms with Crippen molar-refractivity contribution in [3.05, 3.63) is 59.1 Å². The number of benzene rings is 2. The van der Waals surface area contributed by atoms with Gasteiger partial charge in [0.15, 0.2) is 0 Å². The van der Waals surface area contributed by atoms with Gasteiger partial charge < -0.3 is 14.8 Å². The van der Waals surface area contributed by atoms with Crippen LogP contribution in [0.25, 0.3) is 22.4 Å². The minimum absolute atomic E-state index is 0.672. The van der Waals surface area contributed by atoms with E-state index in [1.165, 1.54) is 4.70 Å². The van der Waals surface area contributed by atoms with Crippen LogP contribution in [0, 0.1) is 0 Å². The van der Waals surface area contributed by atoms with E-state index in [2.05, 4.69) is 11.1 Å². The van der Waals surface area contributed by atoms with Crippen molar-refractivity contribution in [1.29, 1.82) is 0 Å². The Morgan fingerprint density at radius 2 is 1.88 bits per heavy atom. The number of thiazole rings is 1.